The summed E-state index contributed by atoms with van der Waals surface area (Å²) in [4.78, 5) is 24.6. The Morgan fingerprint density at radius 3 is 2.68 bits per heavy atom. The maximum atomic E-state index is 11.7. The van der Waals surface area contributed by atoms with E-state index < -0.39 is 0 Å². The minimum atomic E-state index is -0.346. The maximum absolute atomic E-state index is 11.7. The van der Waals surface area contributed by atoms with Crippen LogP contribution in [-0.4, -0.2) is 54.1 Å². The number of β-amino-alcohol motifs (C(OH)–C–C–N with tert-alkyl or cyclic N) is 1. The van der Waals surface area contributed by atoms with E-state index >= 15 is 0 Å². The Balaban J connectivity index is 1.96. The molecule has 1 saturated heterocycles. The number of amides is 2. The zero-order valence-corrected chi connectivity index (χ0v) is 11.4. The number of nitrogens with two attached hydrogens (primary N) is 1. The summed E-state index contributed by atoms with van der Waals surface area (Å²) in [6.07, 6.45) is 3.88. The Morgan fingerprint density at radius 2 is 2.05 bits per heavy atom. The molecule has 6 nitrogen and oxygen atoms in total. The maximum Gasteiger partial charge on any atom is 0.222 e. The van der Waals surface area contributed by atoms with Gasteiger partial charge in [0.15, 0.2) is 0 Å². The molecule has 110 valence electrons. The van der Waals surface area contributed by atoms with Crippen molar-refractivity contribution in [1.82, 2.24) is 10.2 Å². The quantitative estimate of drug-likeness (QED) is 0.524. The van der Waals surface area contributed by atoms with Gasteiger partial charge in [0.05, 0.1) is 6.10 Å². The molecule has 1 rings (SSSR count). The molecule has 6 heteroatoms. The van der Waals surface area contributed by atoms with Crippen LogP contribution in [0.3, 0.4) is 0 Å². The first kappa shape index (κ1) is 15.9. The van der Waals surface area contributed by atoms with Gasteiger partial charge in [0.2, 0.25) is 11.8 Å². The average molecular weight is 271 g/mol. The molecule has 0 aromatic rings. The molecular formula is C13H25N3O3. The third kappa shape index (κ3) is 6.54. The normalized spacial score (nSPS) is 18.6. The van der Waals surface area contributed by atoms with Crippen LogP contribution >= 0.6 is 0 Å². The van der Waals surface area contributed by atoms with Crippen LogP contribution in [0.5, 0.6) is 0 Å². The molecule has 1 aliphatic heterocycles. The number of hydrogen-bond donors (Lipinski definition) is 3. The average Bonchev–Trinajstić information content (AvgIpc) is 2.80. The van der Waals surface area contributed by atoms with E-state index in [-0.39, 0.29) is 17.9 Å². The van der Waals surface area contributed by atoms with Gasteiger partial charge in [0, 0.05) is 39.0 Å². The van der Waals surface area contributed by atoms with Crippen LogP contribution in [0.1, 0.15) is 38.5 Å². The van der Waals surface area contributed by atoms with Crippen molar-refractivity contribution in [2.45, 2.75) is 44.6 Å². The number of likely N-dealkylation sites (tertiary alicyclic amines) is 1. The van der Waals surface area contributed by atoms with Crippen molar-refractivity contribution in [3.8, 4) is 0 Å². The molecule has 0 spiro atoms. The highest BCUT2D eigenvalue weighted by molar-refractivity contribution is 5.76. The summed E-state index contributed by atoms with van der Waals surface area (Å²) >= 11 is 0. The number of nitrogens with one attached hydrogen (secondary N) is 1. The number of rotatable bonds is 8. The van der Waals surface area contributed by atoms with Crippen molar-refractivity contribution in [3.05, 3.63) is 0 Å². The van der Waals surface area contributed by atoms with Crippen LogP contribution in [0.25, 0.3) is 0 Å². The lowest BCUT2D eigenvalue weighted by Gasteiger charge is -2.15. The second kappa shape index (κ2) is 8.87. The smallest absolute Gasteiger partial charge is 0.222 e. The first-order valence-electron chi connectivity index (χ1n) is 7.06. The number of aliphatic hydroxyl groups is 1. The summed E-state index contributed by atoms with van der Waals surface area (Å²) in [5, 5.41) is 12.1. The predicted octanol–water partition coefficient (Wildman–Crippen LogP) is -0.395. The van der Waals surface area contributed by atoms with Gasteiger partial charge < -0.3 is 21.1 Å². The van der Waals surface area contributed by atoms with Crippen LogP contribution < -0.4 is 11.1 Å². The topological polar surface area (TPSA) is 95.7 Å². The molecule has 2 amide bonds. The summed E-state index contributed by atoms with van der Waals surface area (Å²) in [7, 11) is 0. The van der Waals surface area contributed by atoms with Crippen LogP contribution in [0, 0.1) is 0 Å². The Labute approximate surface area is 114 Å². The van der Waals surface area contributed by atoms with Crippen molar-refractivity contribution < 1.29 is 14.7 Å². The van der Waals surface area contributed by atoms with Crippen LogP contribution in [0.4, 0.5) is 0 Å². The summed E-state index contributed by atoms with van der Waals surface area (Å²) in [5.74, 6) is 0.119. The van der Waals surface area contributed by atoms with E-state index in [1.54, 1.807) is 4.90 Å². The fourth-order valence-electron chi connectivity index (χ4n) is 2.15. The highest BCUT2D eigenvalue weighted by atomic mass is 16.3. The van der Waals surface area contributed by atoms with E-state index in [2.05, 4.69) is 5.32 Å². The lowest BCUT2D eigenvalue weighted by Crippen LogP contribution is -2.29. The van der Waals surface area contributed by atoms with Gasteiger partial charge in [0.25, 0.3) is 0 Å². The third-order valence-electron chi connectivity index (χ3n) is 3.28. The molecular weight excluding hydrogens is 246 g/mol. The highest BCUT2D eigenvalue weighted by Crippen LogP contribution is 2.11. The second-order valence-corrected chi connectivity index (χ2v) is 4.98. The van der Waals surface area contributed by atoms with Gasteiger partial charge in [-0.2, -0.15) is 0 Å². The number of unbranched alkanes of at least 4 members (excludes halogenated alkanes) is 2. The highest BCUT2D eigenvalue weighted by Gasteiger charge is 2.23. The van der Waals surface area contributed by atoms with Gasteiger partial charge in [-0.3, -0.25) is 9.59 Å². The van der Waals surface area contributed by atoms with Crippen molar-refractivity contribution >= 4 is 11.8 Å². The van der Waals surface area contributed by atoms with Gasteiger partial charge in [-0.05, 0) is 19.3 Å². The van der Waals surface area contributed by atoms with E-state index in [0.29, 0.717) is 45.4 Å². The van der Waals surface area contributed by atoms with Crippen LogP contribution in [-0.2, 0) is 9.59 Å². The van der Waals surface area contributed by atoms with Gasteiger partial charge in [-0.25, -0.2) is 0 Å². The first-order chi connectivity index (χ1) is 9.13. The van der Waals surface area contributed by atoms with Crippen molar-refractivity contribution in [2.24, 2.45) is 5.73 Å². The van der Waals surface area contributed by atoms with Crippen LogP contribution in [0.2, 0.25) is 0 Å². The lowest BCUT2D eigenvalue weighted by molar-refractivity contribution is -0.130. The summed E-state index contributed by atoms with van der Waals surface area (Å²) in [6.45, 7) is 2.18. The Hall–Kier alpha value is -1.14. The van der Waals surface area contributed by atoms with Gasteiger partial charge in [-0.1, -0.05) is 6.42 Å². The monoisotopic (exact) mass is 271 g/mol. The minimum absolute atomic E-state index is 0.00960. The minimum Gasteiger partial charge on any atom is -0.391 e. The van der Waals surface area contributed by atoms with Gasteiger partial charge in [-0.15, -0.1) is 0 Å². The molecule has 1 heterocycles. The Bertz CT molecular complexity index is 297. The van der Waals surface area contributed by atoms with E-state index in [1.807, 2.05) is 0 Å². The summed E-state index contributed by atoms with van der Waals surface area (Å²) in [6, 6.07) is 0. The molecule has 0 unspecified atom stereocenters. The second-order valence-electron chi connectivity index (χ2n) is 4.98. The van der Waals surface area contributed by atoms with E-state index in [4.69, 9.17) is 5.73 Å². The molecule has 4 N–H and O–H groups in total. The van der Waals surface area contributed by atoms with E-state index in [1.165, 1.54) is 0 Å². The summed E-state index contributed by atoms with van der Waals surface area (Å²) < 4.78 is 0. The largest absolute Gasteiger partial charge is 0.391 e. The number of carbonyl (C=O) groups is 2. The molecule has 0 aliphatic carbocycles. The molecule has 1 atom stereocenters. The van der Waals surface area contributed by atoms with Gasteiger partial charge >= 0.3 is 0 Å². The zero-order chi connectivity index (χ0) is 14.1. The lowest BCUT2D eigenvalue weighted by atomic mass is 10.2. The van der Waals surface area contributed by atoms with Crippen molar-refractivity contribution in [1.29, 1.82) is 0 Å². The fraction of sp³-hybridized carbons (Fsp3) is 0.846. The molecule has 0 radical (unpaired) electrons. The van der Waals surface area contributed by atoms with Gasteiger partial charge in [0.1, 0.15) is 0 Å². The molecule has 0 aromatic heterocycles. The van der Waals surface area contributed by atoms with E-state index in [0.717, 1.165) is 19.3 Å². The molecule has 1 fully saturated rings. The standard InChI is InChI=1S/C13H25N3O3/c14-7-5-12(18)15-8-3-1-2-4-13(19)16-9-6-11(17)10-16/h11,17H,1-10,14H2,(H,15,18)/t11-/m1/s1. The summed E-state index contributed by atoms with van der Waals surface area (Å²) in [5.41, 5.74) is 5.26. The fourth-order valence-corrected chi connectivity index (χ4v) is 2.15. The predicted molar refractivity (Wildman–Crippen MR) is 72.4 cm³/mol. The molecule has 0 saturated carbocycles. The third-order valence-corrected chi connectivity index (χ3v) is 3.28. The number of hydrogen-bond acceptors (Lipinski definition) is 4. The number of aliphatic hydroxyl groups excluding tert-OH is 1. The van der Waals surface area contributed by atoms with Crippen LogP contribution in [0.15, 0.2) is 0 Å². The molecule has 0 bridgehead atoms. The Kier molecular flexibility index (Phi) is 7.43. The first-order valence-corrected chi connectivity index (χ1v) is 7.06. The molecule has 19 heavy (non-hydrogen) atoms. The number of nitrogens with zero attached hydrogens (tertiary/aromatic N) is 1. The Morgan fingerprint density at radius 1 is 1.26 bits per heavy atom. The van der Waals surface area contributed by atoms with Crippen molar-refractivity contribution in [2.75, 3.05) is 26.2 Å². The number of carbonyl (C=O) groups excluding carboxylic acids is 2. The zero-order valence-electron chi connectivity index (χ0n) is 11.4. The molecule has 0 aromatic carbocycles. The van der Waals surface area contributed by atoms with E-state index in [9.17, 15) is 14.7 Å². The SMILES string of the molecule is NCCC(=O)NCCCCCC(=O)N1CC[C@@H](O)C1. The molecule has 1 aliphatic rings. The van der Waals surface area contributed by atoms with Crippen molar-refractivity contribution in [3.63, 3.8) is 0 Å².